The highest BCUT2D eigenvalue weighted by Gasteiger charge is 2.38. The van der Waals surface area contributed by atoms with E-state index in [2.05, 4.69) is 16.3 Å². The van der Waals surface area contributed by atoms with Crippen LogP contribution in [0.3, 0.4) is 0 Å². The standard InChI is InChI=1S/C26H32ClN5O3/c1-35-24-5-3-2-4-22(24)29-12-14-31(15-13-29)26(34)21-17-32(23-16-19(27)6-7-20(21)23)18-25(33)30-10-8-28-9-11-30/h2-7,16,21,28H,8-15,17-18H2,1H3. The van der Waals surface area contributed by atoms with Crippen molar-refractivity contribution in [3.63, 3.8) is 0 Å². The number of methoxy groups -OCH3 is 1. The highest BCUT2D eigenvalue weighted by molar-refractivity contribution is 6.31. The summed E-state index contributed by atoms with van der Waals surface area (Å²) in [7, 11) is 1.68. The van der Waals surface area contributed by atoms with Crippen LogP contribution in [0.1, 0.15) is 11.5 Å². The average molecular weight is 498 g/mol. The van der Waals surface area contributed by atoms with Gasteiger partial charge in [0.2, 0.25) is 11.8 Å². The Morgan fingerprint density at radius 3 is 2.46 bits per heavy atom. The maximum Gasteiger partial charge on any atom is 0.242 e. The van der Waals surface area contributed by atoms with Crippen molar-refractivity contribution in [3.05, 3.63) is 53.1 Å². The molecule has 2 fully saturated rings. The minimum atomic E-state index is -0.295. The third-order valence-electron chi connectivity index (χ3n) is 7.22. The van der Waals surface area contributed by atoms with Gasteiger partial charge in [-0.1, -0.05) is 29.8 Å². The lowest BCUT2D eigenvalue weighted by Gasteiger charge is -2.37. The van der Waals surface area contributed by atoms with Gasteiger partial charge in [0.25, 0.3) is 0 Å². The number of para-hydroxylation sites is 2. The zero-order chi connectivity index (χ0) is 24.4. The largest absolute Gasteiger partial charge is 0.495 e. The zero-order valence-corrected chi connectivity index (χ0v) is 20.8. The van der Waals surface area contributed by atoms with E-state index in [0.29, 0.717) is 37.7 Å². The fourth-order valence-corrected chi connectivity index (χ4v) is 5.49. The molecule has 3 heterocycles. The van der Waals surface area contributed by atoms with Crippen molar-refractivity contribution in [3.8, 4) is 5.75 Å². The van der Waals surface area contributed by atoms with E-state index in [4.69, 9.17) is 16.3 Å². The molecule has 0 spiro atoms. The van der Waals surface area contributed by atoms with Crippen LogP contribution in [0.2, 0.25) is 5.02 Å². The molecule has 0 aliphatic carbocycles. The Hall–Kier alpha value is -2.97. The van der Waals surface area contributed by atoms with E-state index in [-0.39, 0.29) is 24.3 Å². The molecule has 0 saturated carbocycles. The molecule has 2 saturated heterocycles. The van der Waals surface area contributed by atoms with Crippen molar-refractivity contribution in [2.24, 2.45) is 0 Å². The quantitative estimate of drug-likeness (QED) is 0.682. The smallest absolute Gasteiger partial charge is 0.242 e. The molecule has 8 nitrogen and oxygen atoms in total. The number of anilines is 2. The average Bonchev–Trinajstić information content (AvgIpc) is 3.26. The lowest BCUT2D eigenvalue weighted by Crippen LogP contribution is -2.51. The van der Waals surface area contributed by atoms with E-state index in [0.717, 1.165) is 48.9 Å². The molecule has 2 aromatic rings. The second-order valence-corrected chi connectivity index (χ2v) is 9.69. The number of nitrogens with one attached hydrogen (secondary N) is 1. The first kappa shape index (κ1) is 23.8. The number of hydrogen-bond donors (Lipinski definition) is 1. The summed E-state index contributed by atoms with van der Waals surface area (Å²) in [6.07, 6.45) is 0. The normalized spacial score (nSPS) is 20.1. The molecule has 9 heteroatoms. The van der Waals surface area contributed by atoms with Gasteiger partial charge in [0, 0.05) is 69.6 Å². The number of halogens is 1. The fourth-order valence-electron chi connectivity index (χ4n) is 5.32. The van der Waals surface area contributed by atoms with Gasteiger partial charge >= 0.3 is 0 Å². The predicted octanol–water partition coefficient (Wildman–Crippen LogP) is 2.03. The zero-order valence-electron chi connectivity index (χ0n) is 20.1. The van der Waals surface area contributed by atoms with Gasteiger partial charge in [0.1, 0.15) is 5.75 Å². The van der Waals surface area contributed by atoms with Crippen molar-refractivity contribution in [1.29, 1.82) is 0 Å². The van der Waals surface area contributed by atoms with Crippen molar-refractivity contribution in [2.75, 3.05) is 82.4 Å². The van der Waals surface area contributed by atoms with Crippen LogP contribution in [0, 0.1) is 0 Å². The third kappa shape index (κ3) is 4.90. The van der Waals surface area contributed by atoms with E-state index in [1.165, 1.54) is 0 Å². The molecular weight excluding hydrogens is 466 g/mol. The maximum atomic E-state index is 13.7. The van der Waals surface area contributed by atoms with Gasteiger partial charge in [0.15, 0.2) is 0 Å². The van der Waals surface area contributed by atoms with Gasteiger partial charge in [-0.15, -0.1) is 0 Å². The summed E-state index contributed by atoms with van der Waals surface area (Å²) in [6, 6.07) is 13.7. The Balaban J connectivity index is 1.27. The summed E-state index contributed by atoms with van der Waals surface area (Å²) in [6.45, 7) is 6.62. The number of ether oxygens (including phenoxy) is 1. The summed E-state index contributed by atoms with van der Waals surface area (Å²) in [5.41, 5.74) is 2.91. The fraction of sp³-hybridized carbons (Fsp3) is 0.462. The number of piperazine rings is 2. The Morgan fingerprint density at radius 2 is 1.71 bits per heavy atom. The van der Waals surface area contributed by atoms with Crippen LogP contribution in [-0.4, -0.2) is 94.2 Å². The van der Waals surface area contributed by atoms with Crippen LogP contribution < -0.4 is 19.9 Å². The van der Waals surface area contributed by atoms with Crippen LogP contribution >= 0.6 is 11.6 Å². The Bertz CT molecular complexity index is 1080. The van der Waals surface area contributed by atoms with E-state index >= 15 is 0 Å². The van der Waals surface area contributed by atoms with Gasteiger partial charge in [-0.2, -0.15) is 0 Å². The van der Waals surface area contributed by atoms with Crippen LogP contribution in [0.5, 0.6) is 5.75 Å². The van der Waals surface area contributed by atoms with Gasteiger partial charge in [-0.25, -0.2) is 0 Å². The first-order chi connectivity index (χ1) is 17.0. The van der Waals surface area contributed by atoms with E-state index < -0.39 is 0 Å². The van der Waals surface area contributed by atoms with E-state index in [9.17, 15) is 9.59 Å². The van der Waals surface area contributed by atoms with Crippen molar-refractivity contribution < 1.29 is 14.3 Å². The van der Waals surface area contributed by atoms with Crippen molar-refractivity contribution >= 4 is 34.8 Å². The van der Waals surface area contributed by atoms with Crippen molar-refractivity contribution in [1.82, 2.24) is 15.1 Å². The first-order valence-electron chi connectivity index (χ1n) is 12.2. The predicted molar refractivity (Wildman–Crippen MR) is 138 cm³/mol. The topological polar surface area (TPSA) is 68.4 Å². The SMILES string of the molecule is COc1ccccc1N1CCN(C(=O)C2CN(CC(=O)N3CCNCC3)c3cc(Cl)ccc32)CC1. The number of carbonyl (C=O) groups is 2. The molecule has 186 valence electrons. The van der Waals surface area contributed by atoms with Crippen LogP contribution in [0.25, 0.3) is 0 Å². The molecule has 2 amide bonds. The molecule has 1 unspecified atom stereocenters. The van der Waals surface area contributed by atoms with Gasteiger partial charge < -0.3 is 29.7 Å². The Kier molecular flexibility index (Phi) is 7.02. The minimum Gasteiger partial charge on any atom is -0.495 e. The molecule has 5 rings (SSSR count). The minimum absolute atomic E-state index is 0.0935. The number of amides is 2. The lowest BCUT2D eigenvalue weighted by atomic mass is 9.99. The Labute approximate surface area is 211 Å². The molecule has 3 aliphatic rings. The van der Waals surface area contributed by atoms with E-state index in [1.54, 1.807) is 7.11 Å². The second-order valence-electron chi connectivity index (χ2n) is 9.25. The number of benzene rings is 2. The monoisotopic (exact) mass is 497 g/mol. The number of nitrogens with zero attached hydrogens (tertiary/aromatic N) is 4. The highest BCUT2D eigenvalue weighted by atomic mass is 35.5. The molecule has 2 aromatic carbocycles. The molecule has 1 N–H and O–H groups in total. The van der Waals surface area contributed by atoms with Gasteiger partial charge in [-0.05, 0) is 29.8 Å². The molecule has 0 radical (unpaired) electrons. The molecule has 35 heavy (non-hydrogen) atoms. The van der Waals surface area contributed by atoms with Gasteiger partial charge in [-0.3, -0.25) is 9.59 Å². The first-order valence-corrected chi connectivity index (χ1v) is 12.6. The maximum absolute atomic E-state index is 13.7. The molecule has 0 bridgehead atoms. The summed E-state index contributed by atoms with van der Waals surface area (Å²) >= 11 is 6.31. The lowest BCUT2D eigenvalue weighted by molar-refractivity contribution is -0.133. The van der Waals surface area contributed by atoms with Crippen LogP contribution in [-0.2, 0) is 9.59 Å². The number of rotatable bonds is 5. The number of fused-ring (bicyclic) bond motifs is 1. The van der Waals surface area contributed by atoms with Gasteiger partial charge in [0.05, 0.1) is 25.3 Å². The summed E-state index contributed by atoms with van der Waals surface area (Å²) in [5.74, 6) is 0.760. The third-order valence-corrected chi connectivity index (χ3v) is 7.46. The molecular formula is C26H32ClN5O3. The van der Waals surface area contributed by atoms with Crippen molar-refractivity contribution in [2.45, 2.75) is 5.92 Å². The summed E-state index contributed by atoms with van der Waals surface area (Å²) in [5, 5.41) is 3.89. The molecule has 0 aromatic heterocycles. The number of hydrogen-bond acceptors (Lipinski definition) is 6. The van der Waals surface area contributed by atoms with Crippen LogP contribution in [0.4, 0.5) is 11.4 Å². The van der Waals surface area contributed by atoms with E-state index in [1.807, 2.05) is 51.1 Å². The highest BCUT2D eigenvalue weighted by Crippen LogP contribution is 2.39. The summed E-state index contributed by atoms with van der Waals surface area (Å²) in [4.78, 5) is 34.8. The second kappa shape index (κ2) is 10.3. The summed E-state index contributed by atoms with van der Waals surface area (Å²) < 4.78 is 5.52. The van der Waals surface area contributed by atoms with Crippen LogP contribution in [0.15, 0.2) is 42.5 Å². The molecule has 3 aliphatic heterocycles. The number of carbonyl (C=O) groups excluding carboxylic acids is 2. The Morgan fingerprint density at radius 1 is 0.971 bits per heavy atom. The molecule has 1 atom stereocenters.